The summed E-state index contributed by atoms with van der Waals surface area (Å²) in [6.45, 7) is 3.95. The van der Waals surface area contributed by atoms with Crippen molar-refractivity contribution in [2.24, 2.45) is 5.92 Å². The maximum Gasteiger partial charge on any atom is 0.416 e. The number of piperidine rings is 1. The molecule has 38 heavy (non-hydrogen) atoms. The van der Waals surface area contributed by atoms with E-state index in [0.29, 0.717) is 49.4 Å². The van der Waals surface area contributed by atoms with Gasteiger partial charge in [-0.3, -0.25) is 4.79 Å². The highest BCUT2D eigenvalue weighted by molar-refractivity contribution is 5.76. The molecule has 0 bridgehead atoms. The maximum absolute atomic E-state index is 12.9. The number of aromatic nitrogens is 3. The zero-order chi connectivity index (χ0) is 27.1. The van der Waals surface area contributed by atoms with Crippen molar-refractivity contribution >= 4 is 17.8 Å². The van der Waals surface area contributed by atoms with Crippen LogP contribution in [0.5, 0.6) is 5.75 Å². The summed E-state index contributed by atoms with van der Waals surface area (Å²) in [5, 5.41) is 5.74. The Hall–Kier alpha value is -3.89. The van der Waals surface area contributed by atoms with Crippen molar-refractivity contribution in [3.05, 3.63) is 59.7 Å². The molecule has 4 rings (SSSR count). The highest BCUT2D eigenvalue weighted by atomic mass is 19.4. The minimum Gasteiger partial charge on any atom is -0.494 e. The van der Waals surface area contributed by atoms with Crippen LogP contribution in [-0.4, -0.2) is 47.6 Å². The number of ether oxygens (including phenoxy) is 1. The van der Waals surface area contributed by atoms with Gasteiger partial charge in [0.1, 0.15) is 5.75 Å². The molecule has 1 aromatic heterocycles. The number of hydrogen-bond acceptors (Lipinski definition) is 7. The third kappa shape index (κ3) is 7.11. The first-order valence-corrected chi connectivity index (χ1v) is 12.6. The average Bonchev–Trinajstić information content (AvgIpc) is 2.92. The second kappa shape index (κ2) is 12.1. The van der Waals surface area contributed by atoms with Crippen LogP contribution in [0.25, 0.3) is 11.4 Å². The van der Waals surface area contributed by atoms with E-state index in [9.17, 15) is 18.0 Å². The summed E-state index contributed by atoms with van der Waals surface area (Å²) in [6, 6.07) is 12.6. The summed E-state index contributed by atoms with van der Waals surface area (Å²) in [6.07, 6.45) is -2.54. The fourth-order valence-electron chi connectivity index (χ4n) is 4.34. The Morgan fingerprint density at radius 3 is 2.47 bits per heavy atom. The van der Waals surface area contributed by atoms with Gasteiger partial charge < -0.3 is 20.3 Å². The fourth-order valence-corrected chi connectivity index (χ4v) is 4.34. The summed E-state index contributed by atoms with van der Waals surface area (Å²) in [4.78, 5) is 28.3. The third-order valence-electron chi connectivity index (χ3n) is 6.39. The molecule has 0 unspecified atom stereocenters. The van der Waals surface area contributed by atoms with Gasteiger partial charge in [-0.2, -0.15) is 28.1 Å². The monoisotopic (exact) mass is 528 g/mol. The lowest BCUT2D eigenvalue weighted by Gasteiger charge is -2.32. The van der Waals surface area contributed by atoms with Gasteiger partial charge in [0.15, 0.2) is 5.82 Å². The average molecular weight is 529 g/mol. The van der Waals surface area contributed by atoms with Crippen LogP contribution < -0.4 is 20.3 Å². The number of hydrogen-bond donors (Lipinski definition) is 2. The van der Waals surface area contributed by atoms with Crippen molar-refractivity contribution < 1.29 is 22.7 Å². The van der Waals surface area contributed by atoms with Crippen molar-refractivity contribution in [2.45, 2.75) is 38.9 Å². The van der Waals surface area contributed by atoms with Crippen LogP contribution in [-0.2, 0) is 17.5 Å². The lowest BCUT2D eigenvalue weighted by molar-refractivity contribution is -0.137. The predicted molar refractivity (Wildman–Crippen MR) is 139 cm³/mol. The lowest BCUT2D eigenvalue weighted by atomic mass is 9.93. The number of rotatable bonds is 9. The van der Waals surface area contributed by atoms with Crippen molar-refractivity contribution in [1.82, 2.24) is 20.3 Å². The Morgan fingerprint density at radius 1 is 1.08 bits per heavy atom. The number of halogens is 3. The van der Waals surface area contributed by atoms with E-state index >= 15 is 0 Å². The molecule has 3 aromatic rings. The number of nitrogens with zero attached hydrogens (tertiary/aromatic N) is 4. The SMILES string of the molecule is CCOc1ccc(-c2nc(NC)nc(N3CCC(CC(=O)NCc4cccc(C(F)(F)F)c4)CC3)n2)cc1. The first kappa shape index (κ1) is 27.2. The maximum atomic E-state index is 12.9. The van der Waals surface area contributed by atoms with Gasteiger partial charge in [0.05, 0.1) is 12.2 Å². The molecule has 1 amide bonds. The first-order chi connectivity index (χ1) is 18.2. The summed E-state index contributed by atoms with van der Waals surface area (Å²) < 4.78 is 44.2. The number of anilines is 2. The minimum atomic E-state index is -4.41. The fraction of sp³-hybridized carbons (Fsp3) is 0.407. The van der Waals surface area contributed by atoms with E-state index in [1.165, 1.54) is 6.07 Å². The number of carbonyl (C=O) groups is 1. The molecule has 202 valence electrons. The van der Waals surface area contributed by atoms with Crippen molar-refractivity contribution in [1.29, 1.82) is 0 Å². The highest BCUT2D eigenvalue weighted by Gasteiger charge is 2.30. The Labute approximate surface area is 219 Å². The zero-order valence-electron chi connectivity index (χ0n) is 21.4. The molecule has 2 N–H and O–H groups in total. The molecule has 0 aliphatic carbocycles. The van der Waals surface area contributed by atoms with Crippen LogP contribution in [0.2, 0.25) is 0 Å². The topological polar surface area (TPSA) is 92.3 Å². The predicted octanol–water partition coefficient (Wildman–Crippen LogP) is 4.92. The Balaban J connectivity index is 1.32. The van der Waals surface area contributed by atoms with E-state index in [-0.39, 0.29) is 18.4 Å². The molecule has 2 aromatic carbocycles. The van der Waals surface area contributed by atoms with Gasteiger partial charge >= 0.3 is 6.18 Å². The van der Waals surface area contributed by atoms with E-state index in [1.807, 2.05) is 31.2 Å². The van der Waals surface area contributed by atoms with Gasteiger partial charge in [0.25, 0.3) is 0 Å². The first-order valence-electron chi connectivity index (χ1n) is 12.6. The van der Waals surface area contributed by atoms with E-state index in [0.717, 1.165) is 36.3 Å². The molecule has 1 saturated heterocycles. The number of benzene rings is 2. The smallest absolute Gasteiger partial charge is 0.416 e. The second-order valence-electron chi connectivity index (χ2n) is 9.10. The van der Waals surface area contributed by atoms with Gasteiger partial charge in [-0.05, 0) is 67.6 Å². The molecule has 0 saturated carbocycles. The van der Waals surface area contributed by atoms with Crippen molar-refractivity contribution in [3.63, 3.8) is 0 Å². The van der Waals surface area contributed by atoms with Crippen LogP contribution in [0.1, 0.15) is 37.3 Å². The van der Waals surface area contributed by atoms with Crippen LogP contribution in [0.3, 0.4) is 0 Å². The van der Waals surface area contributed by atoms with Gasteiger partial charge in [-0.1, -0.05) is 12.1 Å². The zero-order valence-corrected chi connectivity index (χ0v) is 21.4. The molecule has 0 atom stereocenters. The second-order valence-corrected chi connectivity index (χ2v) is 9.10. The standard InChI is InChI=1S/C27H31F3N6O2/c1-3-38-22-9-7-20(8-10-22)24-33-25(31-2)35-26(34-24)36-13-11-18(12-14-36)16-23(37)32-17-19-5-4-6-21(15-19)27(28,29)30/h4-10,15,18H,3,11-14,16-17H2,1-2H3,(H,32,37)(H,31,33,34,35). The summed E-state index contributed by atoms with van der Waals surface area (Å²) >= 11 is 0. The Bertz CT molecular complexity index is 1230. The molecule has 2 heterocycles. The molecule has 1 aliphatic heterocycles. The molecule has 1 aliphatic rings. The molecular formula is C27H31F3N6O2. The molecule has 8 nitrogen and oxygen atoms in total. The van der Waals surface area contributed by atoms with E-state index in [1.54, 1.807) is 13.1 Å². The Kier molecular flexibility index (Phi) is 8.65. The summed E-state index contributed by atoms with van der Waals surface area (Å²) in [5.41, 5.74) is 0.546. The molecule has 0 spiro atoms. The van der Waals surface area contributed by atoms with Gasteiger partial charge in [-0.15, -0.1) is 0 Å². The van der Waals surface area contributed by atoms with Gasteiger partial charge in [0, 0.05) is 38.7 Å². The lowest BCUT2D eigenvalue weighted by Crippen LogP contribution is -2.37. The number of amides is 1. The molecule has 1 fully saturated rings. The molecular weight excluding hydrogens is 497 g/mol. The quantitative estimate of drug-likeness (QED) is 0.407. The number of carbonyl (C=O) groups excluding carboxylic acids is 1. The molecule has 11 heteroatoms. The largest absolute Gasteiger partial charge is 0.494 e. The van der Waals surface area contributed by atoms with E-state index in [4.69, 9.17) is 4.74 Å². The third-order valence-corrected chi connectivity index (χ3v) is 6.39. The normalized spacial score (nSPS) is 14.3. The van der Waals surface area contributed by atoms with E-state index in [2.05, 4.69) is 30.5 Å². The Morgan fingerprint density at radius 2 is 1.82 bits per heavy atom. The van der Waals surface area contributed by atoms with Gasteiger partial charge in [-0.25, -0.2) is 0 Å². The van der Waals surface area contributed by atoms with Gasteiger partial charge in [0.2, 0.25) is 17.8 Å². The van der Waals surface area contributed by atoms with Crippen LogP contribution in [0, 0.1) is 5.92 Å². The van der Waals surface area contributed by atoms with Crippen LogP contribution in [0.15, 0.2) is 48.5 Å². The minimum absolute atomic E-state index is 0.0631. The summed E-state index contributed by atoms with van der Waals surface area (Å²) in [7, 11) is 1.76. The number of alkyl halides is 3. The summed E-state index contributed by atoms with van der Waals surface area (Å²) in [5.74, 6) is 2.37. The highest BCUT2D eigenvalue weighted by Crippen LogP contribution is 2.30. The van der Waals surface area contributed by atoms with E-state index < -0.39 is 11.7 Å². The van der Waals surface area contributed by atoms with Crippen molar-refractivity contribution in [3.8, 4) is 17.1 Å². The van der Waals surface area contributed by atoms with Crippen LogP contribution in [0.4, 0.5) is 25.1 Å². The molecule has 0 radical (unpaired) electrons. The van der Waals surface area contributed by atoms with Crippen molar-refractivity contribution in [2.75, 3.05) is 37.0 Å². The van der Waals surface area contributed by atoms with Crippen LogP contribution >= 0.6 is 0 Å². The number of nitrogens with one attached hydrogen (secondary N) is 2.